The normalized spacial score (nSPS) is 12.7. The first kappa shape index (κ1) is 15.0. The summed E-state index contributed by atoms with van der Waals surface area (Å²) in [5.74, 6) is 0.810. The van der Waals surface area contributed by atoms with E-state index in [-0.39, 0.29) is 0 Å². The highest BCUT2D eigenvalue weighted by Gasteiger charge is 2.08. The summed E-state index contributed by atoms with van der Waals surface area (Å²) < 4.78 is 5.52. The third kappa shape index (κ3) is 6.62. The zero-order valence-electron chi connectivity index (χ0n) is 11.5. The summed E-state index contributed by atoms with van der Waals surface area (Å²) in [6.07, 6.45) is 3.24. The number of hydrogen-bond donors (Lipinski definition) is 1. The summed E-state index contributed by atoms with van der Waals surface area (Å²) in [6.45, 7) is 4.25. The van der Waals surface area contributed by atoms with Crippen molar-refractivity contribution in [3.05, 3.63) is 30.3 Å². The molecule has 0 spiro atoms. The van der Waals surface area contributed by atoms with Gasteiger partial charge in [-0.1, -0.05) is 38.0 Å². The number of benzene rings is 1. The van der Waals surface area contributed by atoms with Crippen LogP contribution < -0.4 is 4.74 Å². The smallest absolute Gasteiger partial charge is 0.119 e. The molecule has 0 saturated heterocycles. The summed E-state index contributed by atoms with van der Waals surface area (Å²) >= 11 is 0. The number of ether oxygens (including phenoxy) is 1. The van der Waals surface area contributed by atoms with Crippen molar-refractivity contribution in [3.63, 3.8) is 0 Å². The molecule has 1 N–H and O–H groups in total. The van der Waals surface area contributed by atoms with Gasteiger partial charge >= 0.3 is 0 Å². The van der Waals surface area contributed by atoms with Crippen molar-refractivity contribution in [1.29, 1.82) is 0 Å². The molecule has 1 aromatic carbocycles. The van der Waals surface area contributed by atoms with Gasteiger partial charge in [0.05, 0.1) is 0 Å². The predicted octanol–water partition coefficient (Wildman–Crippen LogP) is 2.55. The van der Waals surface area contributed by atoms with Crippen LogP contribution >= 0.6 is 0 Å². The maximum atomic E-state index is 9.87. The van der Waals surface area contributed by atoms with Crippen molar-refractivity contribution in [2.24, 2.45) is 0 Å². The zero-order valence-corrected chi connectivity index (χ0v) is 11.5. The van der Waals surface area contributed by atoms with Gasteiger partial charge in [0, 0.05) is 6.54 Å². The van der Waals surface area contributed by atoms with Crippen LogP contribution in [0.4, 0.5) is 0 Å². The van der Waals surface area contributed by atoms with Crippen LogP contribution in [0.2, 0.25) is 0 Å². The molecule has 0 aliphatic heterocycles. The quantitative estimate of drug-likeness (QED) is 0.685. The summed E-state index contributed by atoms with van der Waals surface area (Å²) in [7, 11) is 2.04. The Balaban J connectivity index is 2.15. The van der Waals surface area contributed by atoms with Crippen molar-refractivity contribution in [2.75, 3.05) is 26.7 Å². The predicted molar refractivity (Wildman–Crippen MR) is 75.0 cm³/mol. The molecule has 102 valence electrons. The number of rotatable bonds is 9. The molecule has 0 amide bonds. The minimum absolute atomic E-state index is 0.349. The monoisotopic (exact) mass is 251 g/mol. The third-order valence-corrected chi connectivity index (χ3v) is 2.85. The van der Waals surface area contributed by atoms with Gasteiger partial charge in [-0.3, -0.25) is 0 Å². The van der Waals surface area contributed by atoms with E-state index < -0.39 is 6.10 Å². The summed E-state index contributed by atoms with van der Waals surface area (Å²) in [5.41, 5.74) is 0. The second-order valence-electron chi connectivity index (χ2n) is 4.75. The molecule has 1 aromatic rings. The first-order valence-corrected chi connectivity index (χ1v) is 6.76. The van der Waals surface area contributed by atoms with E-state index >= 15 is 0 Å². The second-order valence-corrected chi connectivity index (χ2v) is 4.75. The Labute approximate surface area is 110 Å². The molecule has 3 heteroatoms. The molecule has 3 nitrogen and oxygen atoms in total. The fraction of sp³-hybridized carbons (Fsp3) is 0.600. The van der Waals surface area contributed by atoms with Crippen LogP contribution in [0, 0.1) is 0 Å². The minimum atomic E-state index is -0.433. The Hall–Kier alpha value is -1.06. The molecule has 1 rings (SSSR count). The van der Waals surface area contributed by atoms with Crippen LogP contribution in [0.25, 0.3) is 0 Å². The van der Waals surface area contributed by atoms with Crippen molar-refractivity contribution < 1.29 is 9.84 Å². The number of hydrogen-bond acceptors (Lipinski definition) is 3. The molecule has 18 heavy (non-hydrogen) atoms. The first-order chi connectivity index (χ1) is 8.72. The van der Waals surface area contributed by atoms with E-state index in [0.717, 1.165) is 12.3 Å². The highest BCUT2D eigenvalue weighted by Crippen LogP contribution is 2.08. The Morgan fingerprint density at radius 3 is 2.61 bits per heavy atom. The van der Waals surface area contributed by atoms with E-state index in [9.17, 15) is 5.11 Å². The molecule has 1 unspecified atom stereocenters. The Kier molecular flexibility index (Phi) is 7.46. The molecule has 0 bridgehead atoms. The average molecular weight is 251 g/mol. The van der Waals surface area contributed by atoms with Crippen LogP contribution in [0.15, 0.2) is 30.3 Å². The van der Waals surface area contributed by atoms with Gasteiger partial charge in [0.1, 0.15) is 18.5 Å². The maximum Gasteiger partial charge on any atom is 0.119 e. The topological polar surface area (TPSA) is 32.7 Å². The van der Waals surface area contributed by atoms with Gasteiger partial charge in [-0.15, -0.1) is 0 Å². The van der Waals surface area contributed by atoms with Crippen LogP contribution in [0.5, 0.6) is 5.75 Å². The molecular weight excluding hydrogens is 226 g/mol. The standard InChI is InChI=1S/C15H25NO2/c1-3-4-8-11-16(2)12-14(17)13-18-15-9-6-5-7-10-15/h5-7,9-10,14,17H,3-4,8,11-13H2,1-2H3. The van der Waals surface area contributed by atoms with E-state index in [2.05, 4.69) is 11.8 Å². The first-order valence-electron chi connectivity index (χ1n) is 6.76. The molecule has 0 radical (unpaired) electrons. The minimum Gasteiger partial charge on any atom is -0.491 e. The highest BCUT2D eigenvalue weighted by molar-refractivity contribution is 5.20. The number of para-hydroxylation sites is 1. The molecule has 0 aliphatic carbocycles. The lowest BCUT2D eigenvalue weighted by Crippen LogP contribution is -2.33. The number of nitrogens with zero attached hydrogens (tertiary/aromatic N) is 1. The Bertz CT molecular complexity index is 303. The van der Waals surface area contributed by atoms with E-state index in [0.29, 0.717) is 13.2 Å². The highest BCUT2D eigenvalue weighted by atomic mass is 16.5. The van der Waals surface area contributed by atoms with E-state index in [1.165, 1.54) is 19.3 Å². The number of unbranched alkanes of at least 4 members (excludes halogenated alkanes) is 2. The molecular formula is C15H25NO2. The van der Waals surface area contributed by atoms with Crippen LogP contribution in [-0.2, 0) is 0 Å². The fourth-order valence-corrected chi connectivity index (χ4v) is 1.84. The van der Waals surface area contributed by atoms with E-state index in [4.69, 9.17) is 4.74 Å². The van der Waals surface area contributed by atoms with Crippen molar-refractivity contribution in [1.82, 2.24) is 4.90 Å². The van der Waals surface area contributed by atoms with Gasteiger partial charge in [-0.05, 0) is 32.1 Å². The van der Waals surface area contributed by atoms with E-state index in [1.54, 1.807) is 0 Å². The van der Waals surface area contributed by atoms with Crippen molar-refractivity contribution >= 4 is 0 Å². The van der Waals surface area contributed by atoms with Gasteiger partial charge in [0.25, 0.3) is 0 Å². The molecule has 0 aromatic heterocycles. The van der Waals surface area contributed by atoms with Gasteiger partial charge in [0.2, 0.25) is 0 Å². The lowest BCUT2D eigenvalue weighted by Gasteiger charge is -2.20. The van der Waals surface area contributed by atoms with Crippen LogP contribution in [0.3, 0.4) is 0 Å². The zero-order chi connectivity index (χ0) is 13.2. The molecule has 0 aliphatic rings. The molecule has 0 heterocycles. The van der Waals surface area contributed by atoms with Gasteiger partial charge in [-0.2, -0.15) is 0 Å². The SMILES string of the molecule is CCCCCN(C)CC(O)COc1ccccc1. The van der Waals surface area contributed by atoms with Gasteiger partial charge in [0.15, 0.2) is 0 Å². The van der Waals surface area contributed by atoms with Gasteiger partial charge in [-0.25, -0.2) is 0 Å². The lowest BCUT2D eigenvalue weighted by molar-refractivity contribution is 0.0759. The number of aliphatic hydroxyl groups is 1. The Morgan fingerprint density at radius 1 is 1.22 bits per heavy atom. The maximum absolute atomic E-state index is 9.87. The fourth-order valence-electron chi connectivity index (χ4n) is 1.84. The van der Waals surface area contributed by atoms with Gasteiger partial charge < -0.3 is 14.7 Å². The third-order valence-electron chi connectivity index (χ3n) is 2.85. The van der Waals surface area contributed by atoms with Crippen molar-refractivity contribution in [2.45, 2.75) is 32.3 Å². The summed E-state index contributed by atoms with van der Waals surface area (Å²) in [6, 6.07) is 9.61. The largest absolute Gasteiger partial charge is 0.491 e. The van der Waals surface area contributed by atoms with Crippen LogP contribution in [0.1, 0.15) is 26.2 Å². The Morgan fingerprint density at radius 2 is 1.94 bits per heavy atom. The molecule has 1 atom stereocenters. The molecule has 0 saturated carbocycles. The number of likely N-dealkylation sites (N-methyl/N-ethyl adjacent to an activating group) is 1. The average Bonchev–Trinajstić information content (AvgIpc) is 2.38. The number of aliphatic hydroxyl groups excluding tert-OH is 1. The summed E-state index contributed by atoms with van der Waals surface area (Å²) in [4.78, 5) is 2.16. The van der Waals surface area contributed by atoms with Crippen molar-refractivity contribution in [3.8, 4) is 5.75 Å². The summed E-state index contributed by atoms with van der Waals surface area (Å²) in [5, 5.41) is 9.87. The lowest BCUT2D eigenvalue weighted by atomic mass is 10.2. The van der Waals surface area contributed by atoms with Crippen LogP contribution in [-0.4, -0.2) is 42.9 Å². The van der Waals surface area contributed by atoms with E-state index in [1.807, 2.05) is 37.4 Å². The molecule has 0 fully saturated rings. The second kappa shape index (κ2) is 8.95.